The Hall–Kier alpha value is -1.24. The minimum Gasteiger partial charge on any atom is -0.483 e. The molecule has 1 aliphatic heterocycles. The highest BCUT2D eigenvalue weighted by Gasteiger charge is 2.26. The van der Waals surface area contributed by atoms with Crippen LogP contribution in [-0.4, -0.2) is 5.60 Å². The molecule has 0 saturated carbocycles. The molecule has 1 aromatic rings. The van der Waals surface area contributed by atoms with Gasteiger partial charge in [0, 0.05) is 5.56 Å². The van der Waals surface area contributed by atoms with Crippen LogP contribution >= 0.6 is 0 Å². The van der Waals surface area contributed by atoms with Gasteiger partial charge in [0.25, 0.3) is 0 Å². The van der Waals surface area contributed by atoms with Gasteiger partial charge in [0.1, 0.15) is 11.4 Å². The van der Waals surface area contributed by atoms with Gasteiger partial charge in [-0.25, -0.2) is 0 Å². The van der Waals surface area contributed by atoms with Crippen LogP contribution in [0, 0.1) is 6.07 Å². The van der Waals surface area contributed by atoms with E-state index in [-0.39, 0.29) is 5.60 Å². The van der Waals surface area contributed by atoms with E-state index in [1.165, 1.54) is 5.57 Å². The molecule has 67 valence electrons. The van der Waals surface area contributed by atoms with E-state index in [0.29, 0.717) is 0 Å². The van der Waals surface area contributed by atoms with Crippen molar-refractivity contribution < 1.29 is 4.74 Å². The maximum absolute atomic E-state index is 5.83. The van der Waals surface area contributed by atoms with E-state index < -0.39 is 0 Å². The van der Waals surface area contributed by atoms with Crippen molar-refractivity contribution >= 4 is 6.08 Å². The van der Waals surface area contributed by atoms with Crippen LogP contribution in [0.15, 0.2) is 23.8 Å². The van der Waals surface area contributed by atoms with Crippen molar-refractivity contribution in [1.29, 1.82) is 0 Å². The summed E-state index contributed by atoms with van der Waals surface area (Å²) in [6.45, 7) is 6.24. The van der Waals surface area contributed by atoms with Gasteiger partial charge in [0.05, 0.1) is 0 Å². The van der Waals surface area contributed by atoms with E-state index >= 15 is 0 Å². The molecule has 0 aliphatic carbocycles. The van der Waals surface area contributed by atoms with E-state index in [4.69, 9.17) is 4.74 Å². The third kappa shape index (κ3) is 1.35. The SMILES string of the molecule is CC1=Cc2[c]cccc2OC1(C)C. The highest BCUT2D eigenvalue weighted by molar-refractivity contribution is 5.63. The van der Waals surface area contributed by atoms with Crippen molar-refractivity contribution in [3.8, 4) is 5.75 Å². The second kappa shape index (κ2) is 2.63. The quantitative estimate of drug-likeness (QED) is 0.586. The minimum atomic E-state index is -0.178. The van der Waals surface area contributed by atoms with Gasteiger partial charge in [0.2, 0.25) is 0 Å². The fourth-order valence-electron chi connectivity index (χ4n) is 1.38. The zero-order valence-electron chi connectivity index (χ0n) is 8.22. The Labute approximate surface area is 79.0 Å². The number of ether oxygens (including phenoxy) is 1. The number of fused-ring (bicyclic) bond motifs is 1. The molecule has 1 heteroatoms. The van der Waals surface area contributed by atoms with Crippen LogP contribution in [0.1, 0.15) is 26.3 Å². The van der Waals surface area contributed by atoms with Gasteiger partial charge in [-0.05, 0) is 44.6 Å². The minimum absolute atomic E-state index is 0.178. The van der Waals surface area contributed by atoms with Crippen molar-refractivity contribution in [1.82, 2.24) is 0 Å². The Morgan fingerprint density at radius 1 is 1.38 bits per heavy atom. The first-order valence-corrected chi connectivity index (χ1v) is 4.48. The molecule has 0 aromatic heterocycles. The Morgan fingerprint density at radius 3 is 2.92 bits per heavy atom. The van der Waals surface area contributed by atoms with E-state index in [0.717, 1.165) is 11.3 Å². The van der Waals surface area contributed by atoms with Crippen LogP contribution in [0.5, 0.6) is 5.75 Å². The maximum atomic E-state index is 5.83. The standard InChI is InChI=1S/C12H13O/c1-9-8-10-6-4-5-7-11(10)13-12(9,2)3/h4-5,7-8H,1-3H3. The summed E-state index contributed by atoms with van der Waals surface area (Å²) in [6, 6.07) is 8.99. The highest BCUT2D eigenvalue weighted by atomic mass is 16.5. The second-order valence-electron chi connectivity index (χ2n) is 3.89. The normalized spacial score (nSPS) is 18.5. The van der Waals surface area contributed by atoms with Gasteiger partial charge in [-0.3, -0.25) is 0 Å². The largest absolute Gasteiger partial charge is 0.483 e. The summed E-state index contributed by atoms with van der Waals surface area (Å²) in [6.07, 6.45) is 2.14. The van der Waals surface area contributed by atoms with Crippen molar-refractivity contribution in [3.05, 3.63) is 35.4 Å². The van der Waals surface area contributed by atoms with Crippen LogP contribution in [0.3, 0.4) is 0 Å². The topological polar surface area (TPSA) is 9.23 Å². The summed E-state index contributed by atoms with van der Waals surface area (Å²) >= 11 is 0. The molecule has 1 radical (unpaired) electrons. The molecule has 0 unspecified atom stereocenters. The molecule has 1 nitrogen and oxygen atoms in total. The number of rotatable bonds is 0. The van der Waals surface area contributed by atoms with Crippen molar-refractivity contribution in [2.24, 2.45) is 0 Å². The molecule has 2 rings (SSSR count). The Balaban J connectivity index is 2.53. The van der Waals surface area contributed by atoms with Crippen molar-refractivity contribution in [2.75, 3.05) is 0 Å². The third-order valence-electron chi connectivity index (χ3n) is 2.52. The van der Waals surface area contributed by atoms with Crippen LogP contribution < -0.4 is 4.74 Å². The predicted octanol–water partition coefficient (Wildman–Crippen LogP) is 3.06. The molecule has 0 atom stereocenters. The van der Waals surface area contributed by atoms with E-state index in [9.17, 15) is 0 Å². The van der Waals surface area contributed by atoms with E-state index in [2.05, 4.69) is 32.9 Å². The Morgan fingerprint density at radius 2 is 2.15 bits per heavy atom. The summed E-state index contributed by atoms with van der Waals surface area (Å²) in [5.41, 5.74) is 2.11. The molecule has 0 fully saturated rings. The van der Waals surface area contributed by atoms with Crippen LogP contribution in [0.25, 0.3) is 6.08 Å². The fourth-order valence-corrected chi connectivity index (χ4v) is 1.38. The van der Waals surface area contributed by atoms with Crippen molar-refractivity contribution in [3.63, 3.8) is 0 Å². The molecular formula is C12H13O. The third-order valence-corrected chi connectivity index (χ3v) is 2.52. The molecule has 1 heterocycles. The van der Waals surface area contributed by atoms with Gasteiger partial charge in [-0.1, -0.05) is 12.1 Å². The summed E-state index contributed by atoms with van der Waals surface area (Å²) in [5, 5.41) is 0. The number of hydrogen-bond donors (Lipinski definition) is 0. The predicted molar refractivity (Wildman–Crippen MR) is 53.6 cm³/mol. The van der Waals surface area contributed by atoms with Crippen LogP contribution in [0.2, 0.25) is 0 Å². The fraction of sp³-hybridized carbons (Fsp3) is 0.333. The molecule has 1 aliphatic rings. The van der Waals surface area contributed by atoms with Crippen LogP contribution in [0.4, 0.5) is 0 Å². The second-order valence-corrected chi connectivity index (χ2v) is 3.89. The molecule has 0 spiro atoms. The molecule has 13 heavy (non-hydrogen) atoms. The van der Waals surface area contributed by atoms with Gasteiger partial charge < -0.3 is 4.74 Å². The lowest BCUT2D eigenvalue weighted by Crippen LogP contribution is -2.31. The van der Waals surface area contributed by atoms with E-state index in [1.54, 1.807) is 0 Å². The highest BCUT2D eigenvalue weighted by Crippen LogP contribution is 2.34. The lowest BCUT2D eigenvalue weighted by Gasteiger charge is -2.32. The first-order chi connectivity index (χ1) is 6.09. The molecular weight excluding hydrogens is 160 g/mol. The molecule has 0 N–H and O–H groups in total. The molecule has 0 bridgehead atoms. The van der Waals surface area contributed by atoms with Crippen molar-refractivity contribution in [2.45, 2.75) is 26.4 Å². The summed E-state index contributed by atoms with van der Waals surface area (Å²) in [5.74, 6) is 0.929. The molecule has 1 aromatic carbocycles. The van der Waals surface area contributed by atoms with Gasteiger partial charge in [0.15, 0.2) is 0 Å². The van der Waals surface area contributed by atoms with Gasteiger partial charge in [-0.15, -0.1) is 0 Å². The first-order valence-electron chi connectivity index (χ1n) is 4.48. The summed E-state index contributed by atoms with van der Waals surface area (Å²) in [4.78, 5) is 0. The smallest absolute Gasteiger partial charge is 0.128 e. The zero-order valence-corrected chi connectivity index (χ0v) is 8.22. The number of hydrogen-bond acceptors (Lipinski definition) is 1. The maximum Gasteiger partial charge on any atom is 0.128 e. The number of benzene rings is 1. The lowest BCUT2D eigenvalue weighted by atomic mass is 9.94. The average molecular weight is 173 g/mol. The Bertz CT molecular complexity index is 361. The summed E-state index contributed by atoms with van der Waals surface area (Å²) in [7, 11) is 0. The zero-order chi connectivity index (χ0) is 9.47. The summed E-state index contributed by atoms with van der Waals surface area (Å²) < 4.78 is 5.83. The molecule has 0 amide bonds. The Kier molecular flexibility index (Phi) is 1.69. The average Bonchev–Trinajstić information content (AvgIpc) is 2.06. The van der Waals surface area contributed by atoms with Crippen LogP contribution in [-0.2, 0) is 0 Å². The molecule has 0 saturated heterocycles. The van der Waals surface area contributed by atoms with Gasteiger partial charge >= 0.3 is 0 Å². The van der Waals surface area contributed by atoms with Gasteiger partial charge in [-0.2, -0.15) is 0 Å². The first kappa shape index (κ1) is 8.36. The lowest BCUT2D eigenvalue weighted by molar-refractivity contribution is 0.145. The van der Waals surface area contributed by atoms with E-state index in [1.807, 2.05) is 18.2 Å². The monoisotopic (exact) mass is 173 g/mol.